The topological polar surface area (TPSA) is 66.1 Å². The molecule has 1 aliphatic heterocycles. The highest BCUT2D eigenvalue weighted by Crippen LogP contribution is 2.24. The maximum absolute atomic E-state index is 12.9. The van der Waals surface area contributed by atoms with Gasteiger partial charge in [-0.05, 0) is 58.8 Å². The highest BCUT2D eigenvalue weighted by molar-refractivity contribution is 8.00. The Labute approximate surface area is 159 Å². The van der Waals surface area contributed by atoms with Crippen LogP contribution in [-0.4, -0.2) is 49.1 Å². The Balaban J connectivity index is 1.75. The molecular formula is C19H24ClN3O2S. The first kappa shape index (κ1) is 19.0. The Bertz CT molecular complexity index is 892. The normalized spacial score (nSPS) is 22.5. The quantitative estimate of drug-likeness (QED) is 0.766. The standard InChI is InChI=1S/C19H24ClN3O2S/c1-14-11-18(22-21-14)19(24)23(12-16-5-3-4-6-17(16)20)9-7-15-8-10-26(2,25)13-15/h3-6,11,15H,2,7-10,12-13H2,1H3,(H,21,22). The Morgan fingerprint density at radius 2 is 2.23 bits per heavy atom. The van der Waals surface area contributed by atoms with Crippen molar-refractivity contribution in [3.8, 4) is 0 Å². The number of benzene rings is 1. The lowest BCUT2D eigenvalue weighted by Gasteiger charge is -2.24. The lowest BCUT2D eigenvalue weighted by molar-refractivity contribution is 0.0728. The summed E-state index contributed by atoms with van der Waals surface area (Å²) in [5.41, 5.74) is 2.16. The van der Waals surface area contributed by atoms with Crippen molar-refractivity contribution < 1.29 is 9.00 Å². The van der Waals surface area contributed by atoms with E-state index >= 15 is 0 Å². The number of aromatic amines is 1. The molecule has 0 bridgehead atoms. The van der Waals surface area contributed by atoms with Gasteiger partial charge in [-0.1, -0.05) is 29.8 Å². The number of nitrogens with zero attached hydrogens (tertiary/aromatic N) is 2. The Morgan fingerprint density at radius 3 is 2.85 bits per heavy atom. The van der Waals surface area contributed by atoms with Crippen molar-refractivity contribution in [2.24, 2.45) is 5.92 Å². The largest absolute Gasteiger partial charge is 0.333 e. The molecule has 0 saturated carbocycles. The van der Waals surface area contributed by atoms with Gasteiger partial charge >= 0.3 is 0 Å². The fourth-order valence-electron chi connectivity index (χ4n) is 3.32. The summed E-state index contributed by atoms with van der Waals surface area (Å²) >= 11 is 6.28. The van der Waals surface area contributed by atoms with E-state index in [9.17, 15) is 9.00 Å². The van der Waals surface area contributed by atoms with Crippen molar-refractivity contribution in [3.63, 3.8) is 0 Å². The predicted molar refractivity (Wildman–Crippen MR) is 107 cm³/mol. The molecule has 5 nitrogen and oxygen atoms in total. The van der Waals surface area contributed by atoms with Crippen LogP contribution in [0.25, 0.3) is 0 Å². The molecule has 2 aromatic rings. The van der Waals surface area contributed by atoms with Gasteiger partial charge in [0.2, 0.25) is 0 Å². The number of carbonyl (C=O) groups is 1. The molecule has 2 atom stereocenters. The molecule has 0 aliphatic carbocycles. The smallest absolute Gasteiger partial charge is 0.274 e. The van der Waals surface area contributed by atoms with E-state index < -0.39 is 9.52 Å². The monoisotopic (exact) mass is 393 g/mol. The molecule has 1 aromatic carbocycles. The molecule has 7 heteroatoms. The number of hydrogen-bond acceptors (Lipinski definition) is 3. The van der Waals surface area contributed by atoms with E-state index in [-0.39, 0.29) is 5.91 Å². The summed E-state index contributed by atoms with van der Waals surface area (Å²) < 4.78 is 12.1. The minimum absolute atomic E-state index is 0.123. The minimum Gasteiger partial charge on any atom is -0.333 e. The van der Waals surface area contributed by atoms with Gasteiger partial charge in [-0.25, -0.2) is 0 Å². The van der Waals surface area contributed by atoms with Crippen LogP contribution < -0.4 is 0 Å². The number of aromatic nitrogens is 2. The van der Waals surface area contributed by atoms with Gasteiger partial charge in [0.25, 0.3) is 5.91 Å². The first-order valence-corrected chi connectivity index (χ1v) is 11.2. The zero-order chi connectivity index (χ0) is 18.7. The number of H-pyrrole nitrogens is 1. The Hall–Kier alpha value is -1.79. The third-order valence-corrected chi connectivity index (χ3v) is 7.20. The van der Waals surface area contributed by atoms with Gasteiger partial charge in [0.05, 0.1) is 0 Å². The summed E-state index contributed by atoms with van der Waals surface area (Å²) in [6, 6.07) is 9.29. The number of carbonyl (C=O) groups excluding carboxylic acids is 1. The number of hydrogen-bond donors (Lipinski definition) is 1. The number of aryl methyl sites for hydroxylation is 1. The molecule has 3 rings (SSSR count). The molecule has 0 radical (unpaired) electrons. The summed E-state index contributed by atoms with van der Waals surface area (Å²) in [4.78, 5) is 14.7. The van der Waals surface area contributed by atoms with Crippen LogP contribution in [-0.2, 0) is 16.1 Å². The fourth-order valence-corrected chi connectivity index (χ4v) is 5.64. The lowest BCUT2D eigenvalue weighted by Crippen LogP contribution is -2.33. The molecule has 1 aliphatic rings. The molecule has 1 N–H and O–H groups in total. The molecule has 1 fully saturated rings. The molecule has 1 saturated heterocycles. The molecule has 2 unspecified atom stereocenters. The second-order valence-electron chi connectivity index (χ2n) is 7.03. The molecule has 0 spiro atoms. The maximum atomic E-state index is 12.9. The SMILES string of the molecule is C=S1(=O)CCC(CCN(Cc2ccccc2Cl)C(=O)c2cc(C)[nH]n2)C1. The van der Waals surface area contributed by atoms with Crippen LogP contribution in [0.4, 0.5) is 0 Å². The molecule has 2 heterocycles. The third kappa shape index (κ3) is 4.68. The van der Waals surface area contributed by atoms with Crippen molar-refractivity contribution in [1.82, 2.24) is 15.1 Å². The van der Waals surface area contributed by atoms with Crippen LogP contribution in [0.2, 0.25) is 5.02 Å². The van der Waals surface area contributed by atoms with Gasteiger partial charge in [0.15, 0.2) is 0 Å². The maximum Gasteiger partial charge on any atom is 0.274 e. The number of amides is 1. The van der Waals surface area contributed by atoms with Crippen LogP contribution >= 0.6 is 11.6 Å². The van der Waals surface area contributed by atoms with E-state index in [1.807, 2.05) is 31.2 Å². The summed E-state index contributed by atoms with van der Waals surface area (Å²) in [6.07, 6.45) is 1.73. The van der Waals surface area contributed by atoms with Crippen molar-refractivity contribution in [2.75, 3.05) is 18.1 Å². The van der Waals surface area contributed by atoms with E-state index in [0.717, 1.165) is 24.1 Å². The zero-order valence-corrected chi connectivity index (χ0v) is 16.5. The Morgan fingerprint density at radius 1 is 1.46 bits per heavy atom. The van der Waals surface area contributed by atoms with Crippen molar-refractivity contribution in [1.29, 1.82) is 0 Å². The van der Waals surface area contributed by atoms with Gasteiger partial charge in [-0.2, -0.15) is 5.10 Å². The van der Waals surface area contributed by atoms with Gasteiger partial charge in [-0.15, -0.1) is 0 Å². The second-order valence-corrected chi connectivity index (χ2v) is 10.1. The second kappa shape index (κ2) is 7.84. The van der Waals surface area contributed by atoms with Gasteiger partial charge in [0, 0.05) is 35.3 Å². The summed E-state index contributed by atoms with van der Waals surface area (Å²) in [5, 5.41) is 7.56. The minimum atomic E-state index is -1.92. The van der Waals surface area contributed by atoms with Crippen molar-refractivity contribution >= 4 is 32.9 Å². The average Bonchev–Trinajstić information content (AvgIpc) is 3.17. The molecule has 140 valence electrons. The fraction of sp³-hybridized carbons (Fsp3) is 0.421. The number of rotatable bonds is 6. The van der Waals surface area contributed by atoms with Crippen LogP contribution in [0, 0.1) is 12.8 Å². The van der Waals surface area contributed by atoms with E-state index in [2.05, 4.69) is 16.1 Å². The van der Waals surface area contributed by atoms with Crippen LogP contribution in [0.5, 0.6) is 0 Å². The van der Waals surface area contributed by atoms with Gasteiger partial charge in [0.1, 0.15) is 5.69 Å². The summed E-state index contributed by atoms with van der Waals surface area (Å²) in [6.45, 7) is 2.87. The van der Waals surface area contributed by atoms with Crippen molar-refractivity contribution in [3.05, 3.63) is 52.3 Å². The third-order valence-electron chi connectivity index (χ3n) is 4.78. The first-order valence-electron chi connectivity index (χ1n) is 8.71. The van der Waals surface area contributed by atoms with E-state index in [1.165, 1.54) is 0 Å². The number of nitrogens with one attached hydrogen (secondary N) is 1. The van der Waals surface area contributed by atoms with E-state index in [0.29, 0.717) is 41.2 Å². The van der Waals surface area contributed by atoms with Crippen LogP contribution in [0.1, 0.15) is 34.6 Å². The average molecular weight is 394 g/mol. The highest BCUT2D eigenvalue weighted by Gasteiger charge is 2.26. The van der Waals surface area contributed by atoms with Gasteiger partial charge in [-0.3, -0.25) is 14.1 Å². The summed E-state index contributed by atoms with van der Waals surface area (Å²) in [7, 11) is -1.92. The van der Waals surface area contributed by atoms with Crippen LogP contribution in [0.3, 0.4) is 0 Å². The molecule has 1 amide bonds. The predicted octanol–water partition coefficient (Wildman–Crippen LogP) is 3.14. The van der Waals surface area contributed by atoms with Crippen molar-refractivity contribution in [2.45, 2.75) is 26.3 Å². The number of halogens is 1. The van der Waals surface area contributed by atoms with E-state index in [1.54, 1.807) is 11.0 Å². The molecule has 1 aromatic heterocycles. The van der Waals surface area contributed by atoms with Crippen LogP contribution in [0.15, 0.2) is 30.3 Å². The zero-order valence-electron chi connectivity index (χ0n) is 14.9. The molecular weight excluding hydrogens is 370 g/mol. The van der Waals surface area contributed by atoms with Gasteiger partial charge < -0.3 is 4.90 Å². The van der Waals surface area contributed by atoms with E-state index in [4.69, 9.17) is 11.6 Å². The Kier molecular flexibility index (Phi) is 5.73. The lowest BCUT2D eigenvalue weighted by atomic mass is 10.0. The highest BCUT2D eigenvalue weighted by atomic mass is 35.5. The first-order chi connectivity index (χ1) is 12.3. The summed E-state index contributed by atoms with van der Waals surface area (Å²) in [5.74, 6) is 5.40. The molecule has 26 heavy (non-hydrogen) atoms.